The number of benzene rings is 1. The lowest BCUT2D eigenvalue weighted by molar-refractivity contribution is 0.129. The first kappa shape index (κ1) is 13.8. The van der Waals surface area contributed by atoms with Gasteiger partial charge in [0.25, 0.3) is 0 Å². The minimum absolute atomic E-state index is 0.0113. The molecule has 8 heteroatoms. The van der Waals surface area contributed by atoms with E-state index >= 15 is 0 Å². The smallest absolute Gasteiger partial charge is 0.407 e. The van der Waals surface area contributed by atoms with Crippen LogP contribution in [0.4, 0.5) is 4.79 Å². The second-order valence-corrected chi connectivity index (χ2v) is 5.42. The standard InChI is InChI=1S/C13H14ClN5O2/c14-10-4-1-5-11(7-10)19-16-12(15-17-19)9-3-2-6-18(8-9)13(20)21/h1,4-5,7,9H,2-3,6,8H2,(H,20,21). The summed E-state index contributed by atoms with van der Waals surface area (Å²) in [5.41, 5.74) is 0.729. The number of tetrazole rings is 1. The fourth-order valence-corrected chi connectivity index (χ4v) is 2.64. The van der Waals surface area contributed by atoms with E-state index in [4.69, 9.17) is 16.7 Å². The zero-order chi connectivity index (χ0) is 14.8. The number of piperidine rings is 1. The van der Waals surface area contributed by atoms with E-state index in [1.807, 2.05) is 12.1 Å². The molecule has 1 saturated heterocycles. The van der Waals surface area contributed by atoms with E-state index < -0.39 is 6.09 Å². The van der Waals surface area contributed by atoms with Crippen LogP contribution in [0.2, 0.25) is 5.02 Å². The second-order valence-electron chi connectivity index (χ2n) is 4.98. The molecule has 21 heavy (non-hydrogen) atoms. The van der Waals surface area contributed by atoms with E-state index in [1.165, 1.54) is 9.70 Å². The lowest BCUT2D eigenvalue weighted by Gasteiger charge is -2.28. The molecule has 0 spiro atoms. The summed E-state index contributed by atoms with van der Waals surface area (Å²) in [5, 5.41) is 22.1. The Bertz CT molecular complexity index is 660. The predicted octanol–water partition coefficient (Wildman–Crippen LogP) is 2.17. The van der Waals surface area contributed by atoms with Crippen molar-refractivity contribution in [2.24, 2.45) is 0 Å². The second kappa shape index (κ2) is 5.69. The molecule has 1 aromatic heterocycles. The molecule has 1 aliphatic heterocycles. The number of likely N-dealkylation sites (tertiary alicyclic amines) is 1. The minimum Gasteiger partial charge on any atom is -0.465 e. The van der Waals surface area contributed by atoms with Gasteiger partial charge in [0.15, 0.2) is 5.82 Å². The van der Waals surface area contributed by atoms with Crippen LogP contribution >= 0.6 is 11.6 Å². The number of hydrogen-bond donors (Lipinski definition) is 1. The van der Waals surface area contributed by atoms with Crippen LogP contribution in [0.25, 0.3) is 5.69 Å². The van der Waals surface area contributed by atoms with E-state index in [9.17, 15) is 4.79 Å². The molecule has 3 rings (SSSR count). The molecule has 1 aliphatic rings. The predicted molar refractivity (Wildman–Crippen MR) is 75.7 cm³/mol. The Morgan fingerprint density at radius 1 is 1.43 bits per heavy atom. The third-order valence-electron chi connectivity index (χ3n) is 3.53. The van der Waals surface area contributed by atoms with Crippen LogP contribution < -0.4 is 0 Å². The minimum atomic E-state index is -0.901. The number of halogens is 1. The summed E-state index contributed by atoms with van der Waals surface area (Å²) in [6.07, 6.45) is 0.773. The molecular formula is C13H14ClN5O2. The van der Waals surface area contributed by atoms with Gasteiger partial charge in [-0.3, -0.25) is 0 Å². The van der Waals surface area contributed by atoms with Crippen molar-refractivity contribution in [3.05, 3.63) is 35.1 Å². The summed E-state index contributed by atoms with van der Waals surface area (Å²) in [6, 6.07) is 7.17. The molecule has 1 fully saturated rings. The van der Waals surface area contributed by atoms with Crippen LogP contribution in [-0.2, 0) is 0 Å². The number of hydrogen-bond acceptors (Lipinski definition) is 4. The van der Waals surface area contributed by atoms with Crippen molar-refractivity contribution in [2.45, 2.75) is 18.8 Å². The fraction of sp³-hybridized carbons (Fsp3) is 0.385. The highest BCUT2D eigenvalue weighted by molar-refractivity contribution is 6.30. The molecule has 110 valence electrons. The summed E-state index contributed by atoms with van der Waals surface area (Å²) in [4.78, 5) is 13.9. The molecule has 1 N–H and O–H groups in total. The molecule has 1 atom stereocenters. The fourth-order valence-electron chi connectivity index (χ4n) is 2.46. The van der Waals surface area contributed by atoms with Crippen molar-refractivity contribution in [3.63, 3.8) is 0 Å². The summed E-state index contributed by atoms with van der Waals surface area (Å²) in [5.74, 6) is 0.559. The SMILES string of the molecule is O=C(O)N1CCCC(c2nnn(-c3cccc(Cl)c3)n2)C1. The van der Waals surface area contributed by atoms with Crippen LogP contribution in [0.3, 0.4) is 0 Å². The number of rotatable bonds is 2. The molecule has 7 nitrogen and oxygen atoms in total. The largest absolute Gasteiger partial charge is 0.465 e. The van der Waals surface area contributed by atoms with Gasteiger partial charge in [-0.05, 0) is 36.3 Å². The van der Waals surface area contributed by atoms with Gasteiger partial charge in [0.05, 0.1) is 5.69 Å². The lowest BCUT2D eigenvalue weighted by Crippen LogP contribution is -2.38. The van der Waals surface area contributed by atoms with Crippen LogP contribution in [0.15, 0.2) is 24.3 Å². The first-order valence-corrected chi connectivity index (χ1v) is 7.05. The Morgan fingerprint density at radius 2 is 2.29 bits per heavy atom. The number of aromatic nitrogens is 4. The third-order valence-corrected chi connectivity index (χ3v) is 3.76. The Morgan fingerprint density at radius 3 is 3.05 bits per heavy atom. The summed E-state index contributed by atoms with van der Waals surface area (Å²) in [6.45, 7) is 0.977. The number of amides is 1. The van der Waals surface area contributed by atoms with Gasteiger partial charge in [0.1, 0.15) is 0 Å². The monoisotopic (exact) mass is 307 g/mol. The van der Waals surface area contributed by atoms with Gasteiger partial charge >= 0.3 is 6.09 Å². The van der Waals surface area contributed by atoms with Gasteiger partial charge in [-0.15, -0.1) is 15.0 Å². The van der Waals surface area contributed by atoms with Crippen LogP contribution in [-0.4, -0.2) is 49.4 Å². The van der Waals surface area contributed by atoms with E-state index in [2.05, 4.69) is 15.4 Å². The average molecular weight is 308 g/mol. The van der Waals surface area contributed by atoms with Gasteiger partial charge in [0, 0.05) is 24.0 Å². The Hall–Kier alpha value is -2.15. The first-order valence-electron chi connectivity index (χ1n) is 6.67. The van der Waals surface area contributed by atoms with Gasteiger partial charge < -0.3 is 10.0 Å². The number of carbonyl (C=O) groups is 1. The summed E-state index contributed by atoms with van der Waals surface area (Å²) < 4.78 is 0. The van der Waals surface area contributed by atoms with Gasteiger partial charge in [-0.25, -0.2) is 4.79 Å². The summed E-state index contributed by atoms with van der Waals surface area (Å²) in [7, 11) is 0. The van der Waals surface area contributed by atoms with Gasteiger partial charge in [0.2, 0.25) is 0 Å². The molecule has 1 amide bonds. The third kappa shape index (κ3) is 2.97. The average Bonchev–Trinajstić information content (AvgIpc) is 2.97. The molecular weight excluding hydrogens is 294 g/mol. The van der Waals surface area contributed by atoms with Crippen molar-refractivity contribution < 1.29 is 9.90 Å². The van der Waals surface area contributed by atoms with Crippen molar-refractivity contribution >= 4 is 17.7 Å². The molecule has 2 heterocycles. The van der Waals surface area contributed by atoms with Crippen molar-refractivity contribution in [1.82, 2.24) is 25.1 Å². The summed E-state index contributed by atoms with van der Waals surface area (Å²) >= 11 is 5.94. The van der Waals surface area contributed by atoms with Gasteiger partial charge in [-0.1, -0.05) is 17.7 Å². The van der Waals surface area contributed by atoms with Crippen LogP contribution in [0.1, 0.15) is 24.6 Å². The van der Waals surface area contributed by atoms with Crippen molar-refractivity contribution in [2.75, 3.05) is 13.1 Å². The maximum atomic E-state index is 11.0. The quantitative estimate of drug-likeness (QED) is 0.919. The molecule has 0 bridgehead atoms. The Kier molecular flexibility index (Phi) is 3.74. The maximum absolute atomic E-state index is 11.0. The molecule has 0 saturated carbocycles. The highest BCUT2D eigenvalue weighted by atomic mass is 35.5. The first-order chi connectivity index (χ1) is 10.1. The van der Waals surface area contributed by atoms with E-state index in [0.717, 1.165) is 18.5 Å². The van der Waals surface area contributed by atoms with Gasteiger partial charge in [-0.2, -0.15) is 0 Å². The topological polar surface area (TPSA) is 84.1 Å². The van der Waals surface area contributed by atoms with Crippen molar-refractivity contribution in [1.29, 1.82) is 0 Å². The molecule has 1 unspecified atom stereocenters. The lowest BCUT2D eigenvalue weighted by atomic mass is 9.98. The normalized spacial score (nSPS) is 18.7. The Labute approximate surface area is 126 Å². The van der Waals surface area contributed by atoms with Crippen LogP contribution in [0, 0.1) is 0 Å². The molecule has 0 aliphatic carbocycles. The number of nitrogens with zero attached hydrogens (tertiary/aromatic N) is 5. The highest BCUT2D eigenvalue weighted by Gasteiger charge is 2.27. The van der Waals surface area contributed by atoms with E-state index in [-0.39, 0.29) is 5.92 Å². The molecule has 1 aromatic carbocycles. The van der Waals surface area contributed by atoms with Crippen LogP contribution in [0.5, 0.6) is 0 Å². The number of carboxylic acid groups (broad SMARTS) is 1. The van der Waals surface area contributed by atoms with E-state index in [1.54, 1.807) is 12.1 Å². The maximum Gasteiger partial charge on any atom is 0.407 e. The molecule has 2 aromatic rings. The molecule has 0 radical (unpaired) electrons. The zero-order valence-corrected chi connectivity index (χ0v) is 11.9. The van der Waals surface area contributed by atoms with E-state index in [0.29, 0.717) is 23.9 Å². The zero-order valence-electron chi connectivity index (χ0n) is 11.2. The Balaban J connectivity index is 1.80. The highest BCUT2D eigenvalue weighted by Crippen LogP contribution is 2.24. The van der Waals surface area contributed by atoms with Crippen molar-refractivity contribution in [3.8, 4) is 5.69 Å².